The first-order chi connectivity index (χ1) is 18.3. The number of aromatic amines is 1. The van der Waals surface area contributed by atoms with E-state index in [1.165, 1.54) is 12.1 Å². The molecule has 0 saturated carbocycles. The minimum atomic E-state index is -3.97. The fourth-order valence-corrected chi connectivity index (χ4v) is 5.03. The molecule has 216 valence electrons. The molecule has 1 fully saturated rings. The zero-order chi connectivity index (χ0) is 28.8. The third-order valence-electron chi connectivity index (χ3n) is 5.34. The van der Waals surface area contributed by atoms with E-state index in [0.29, 0.717) is 24.2 Å². The van der Waals surface area contributed by atoms with Crippen molar-refractivity contribution in [3.05, 3.63) is 62.1 Å². The van der Waals surface area contributed by atoms with Gasteiger partial charge in [-0.3, -0.25) is 18.9 Å². The number of benzene rings is 1. The Balaban J connectivity index is 1.82. The maximum absolute atomic E-state index is 13.9. The fraction of sp³-hybridized carbons (Fsp3) is 0.542. The highest BCUT2D eigenvalue weighted by atomic mass is 35.5. The molecule has 0 radical (unpaired) electrons. The molecule has 2 heterocycles. The molecular formula is C24H32ClFN3O9P. The molecule has 2 aromatic rings. The normalized spacial score (nSPS) is 20.8. The van der Waals surface area contributed by atoms with Crippen LogP contribution in [0.3, 0.4) is 0 Å². The summed E-state index contributed by atoms with van der Waals surface area (Å²) < 4.78 is 56.1. The summed E-state index contributed by atoms with van der Waals surface area (Å²) in [4.78, 5) is 38.0. The summed E-state index contributed by atoms with van der Waals surface area (Å²) in [6.07, 6.45) is -2.20. The van der Waals surface area contributed by atoms with E-state index in [1.54, 1.807) is 32.9 Å². The number of aromatic nitrogens is 2. The lowest BCUT2D eigenvalue weighted by molar-refractivity contribution is -0.0666. The Kier molecular flexibility index (Phi) is 10.4. The van der Waals surface area contributed by atoms with Crippen LogP contribution >= 0.6 is 19.3 Å². The maximum Gasteiger partial charge on any atom is 0.509 e. The molecule has 2 N–H and O–H groups in total. The van der Waals surface area contributed by atoms with Crippen molar-refractivity contribution in [2.45, 2.75) is 71.0 Å². The van der Waals surface area contributed by atoms with Crippen molar-refractivity contribution >= 4 is 25.5 Å². The second kappa shape index (κ2) is 13.1. The highest BCUT2D eigenvalue weighted by molar-refractivity contribution is 7.52. The van der Waals surface area contributed by atoms with Gasteiger partial charge in [0.05, 0.1) is 12.8 Å². The van der Waals surface area contributed by atoms with Gasteiger partial charge < -0.3 is 18.7 Å². The maximum atomic E-state index is 13.9. The lowest BCUT2D eigenvalue weighted by atomic mass is 10.2. The number of halogens is 2. The number of carbonyl (C=O) groups is 1. The number of hydrogen-bond donors (Lipinski definition) is 2. The van der Waals surface area contributed by atoms with Gasteiger partial charge in [0.1, 0.15) is 29.8 Å². The Morgan fingerprint density at radius 2 is 1.97 bits per heavy atom. The van der Waals surface area contributed by atoms with Gasteiger partial charge >= 0.3 is 19.6 Å². The summed E-state index contributed by atoms with van der Waals surface area (Å²) in [5.74, 6) is -0.975. The molecule has 15 heteroatoms. The van der Waals surface area contributed by atoms with Crippen molar-refractivity contribution in [3.63, 3.8) is 0 Å². The van der Waals surface area contributed by atoms with Gasteiger partial charge in [-0.1, -0.05) is 24.9 Å². The van der Waals surface area contributed by atoms with Crippen molar-refractivity contribution in [2.24, 2.45) is 0 Å². The fourth-order valence-electron chi connectivity index (χ4n) is 3.52. The molecule has 1 unspecified atom stereocenters. The van der Waals surface area contributed by atoms with Crippen molar-refractivity contribution in [1.29, 1.82) is 0 Å². The van der Waals surface area contributed by atoms with Crippen LogP contribution in [0.2, 0.25) is 5.02 Å². The van der Waals surface area contributed by atoms with E-state index in [1.807, 2.05) is 11.9 Å². The van der Waals surface area contributed by atoms with Crippen molar-refractivity contribution in [2.75, 3.05) is 13.2 Å². The Labute approximate surface area is 229 Å². The molecule has 1 aromatic heterocycles. The van der Waals surface area contributed by atoms with Crippen molar-refractivity contribution in [3.8, 4) is 5.75 Å². The standard InChI is InChI=1S/C24H32ClFN3O9P/c1-5-6-11-27-39(33,38-16-9-7-15(25)8-10-16)34-14-19-18(36-23(32)37-24(2,3)4)12-20(35-19)29-13-17(26)21(30)28-22(29)31/h7-10,13,18-20H,5-6,11-12,14H2,1-4H3,(H,27,33)(H,28,30,31)/t18-,19+,20+,39?/m0/s1. The quantitative estimate of drug-likeness (QED) is 0.217. The van der Waals surface area contributed by atoms with Gasteiger partial charge in [0.15, 0.2) is 0 Å². The Morgan fingerprint density at radius 1 is 1.28 bits per heavy atom. The molecule has 12 nitrogen and oxygen atoms in total. The van der Waals surface area contributed by atoms with Crippen LogP contribution in [0.1, 0.15) is 53.2 Å². The van der Waals surface area contributed by atoms with Gasteiger partial charge in [0.25, 0.3) is 5.56 Å². The number of ether oxygens (including phenoxy) is 3. The average Bonchev–Trinajstić information content (AvgIpc) is 3.22. The molecule has 39 heavy (non-hydrogen) atoms. The predicted molar refractivity (Wildman–Crippen MR) is 139 cm³/mol. The Hall–Kier alpha value is -2.70. The molecule has 1 saturated heterocycles. The minimum Gasteiger partial charge on any atom is -0.429 e. The van der Waals surface area contributed by atoms with E-state index in [-0.39, 0.29) is 12.2 Å². The summed E-state index contributed by atoms with van der Waals surface area (Å²) in [6.45, 7) is 6.82. The third-order valence-corrected chi connectivity index (χ3v) is 7.14. The van der Waals surface area contributed by atoms with Crippen molar-refractivity contribution < 1.29 is 37.0 Å². The van der Waals surface area contributed by atoms with E-state index in [0.717, 1.165) is 11.0 Å². The number of rotatable bonds is 11. The SMILES string of the molecule is CCCCNP(=O)(OC[C@H]1O[C@@H](n2cc(F)c(=O)[nH]c2=O)C[C@@H]1OC(=O)OC(C)(C)C)Oc1ccc(Cl)cc1. The summed E-state index contributed by atoms with van der Waals surface area (Å²) in [6, 6.07) is 6.16. The molecule has 1 aliphatic rings. The number of H-pyrrole nitrogens is 1. The van der Waals surface area contributed by atoms with Crippen LogP contribution in [0.5, 0.6) is 5.75 Å². The van der Waals surface area contributed by atoms with Crippen LogP contribution in [0, 0.1) is 5.82 Å². The van der Waals surface area contributed by atoms with Gasteiger partial charge in [-0.2, -0.15) is 4.39 Å². The first-order valence-corrected chi connectivity index (χ1v) is 14.2. The molecule has 3 rings (SSSR count). The Bertz CT molecular complexity index is 1300. The third kappa shape index (κ3) is 9.18. The van der Waals surface area contributed by atoms with Crippen LogP contribution in [0.15, 0.2) is 40.1 Å². The predicted octanol–water partition coefficient (Wildman–Crippen LogP) is 4.53. The molecular weight excluding hydrogens is 560 g/mol. The van der Waals surface area contributed by atoms with Crippen LogP contribution in [0.4, 0.5) is 9.18 Å². The molecule has 0 amide bonds. The number of hydrogen-bond acceptors (Lipinski definition) is 9. The minimum absolute atomic E-state index is 0.121. The van der Waals surface area contributed by atoms with Gasteiger partial charge in [-0.25, -0.2) is 19.2 Å². The van der Waals surface area contributed by atoms with Gasteiger partial charge in [0, 0.05) is 18.0 Å². The van der Waals surface area contributed by atoms with E-state index < -0.39 is 61.6 Å². The lowest BCUT2D eigenvalue weighted by Gasteiger charge is -2.25. The Morgan fingerprint density at radius 3 is 2.62 bits per heavy atom. The van der Waals surface area contributed by atoms with Crippen LogP contribution in [-0.2, 0) is 23.3 Å². The molecule has 0 aliphatic carbocycles. The molecule has 4 atom stereocenters. The molecule has 1 aromatic carbocycles. The van der Waals surface area contributed by atoms with Crippen LogP contribution in [-0.4, -0.2) is 46.7 Å². The lowest BCUT2D eigenvalue weighted by Crippen LogP contribution is -2.34. The van der Waals surface area contributed by atoms with E-state index in [9.17, 15) is 23.3 Å². The molecule has 0 spiro atoms. The summed E-state index contributed by atoms with van der Waals surface area (Å²) in [5, 5.41) is 3.24. The topological polar surface area (TPSA) is 147 Å². The number of nitrogens with zero attached hydrogens (tertiary/aromatic N) is 1. The summed E-state index contributed by atoms with van der Waals surface area (Å²) >= 11 is 5.92. The molecule has 0 bridgehead atoms. The molecule has 1 aliphatic heterocycles. The second-order valence-electron chi connectivity index (χ2n) is 9.73. The van der Waals surface area contributed by atoms with Crippen LogP contribution in [0.25, 0.3) is 0 Å². The highest BCUT2D eigenvalue weighted by Crippen LogP contribution is 2.45. The highest BCUT2D eigenvalue weighted by Gasteiger charge is 2.42. The van der Waals surface area contributed by atoms with E-state index >= 15 is 0 Å². The summed E-state index contributed by atoms with van der Waals surface area (Å²) in [5.41, 5.74) is -2.97. The van der Waals surface area contributed by atoms with E-state index in [2.05, 4.69) is 5.09 Å². The monoisotopic (exact) mass is 591 g/mol. The second-order valence-corrected chi connectivity index (χ2v) is 11.9. The van der Waals surface area contributed by atoms with Gasteiger partial charge in [0.2, 0.25) is 5.82 Å². The smallest absolute Gasteiger partial charge is 0.429 e. The number of carbonyl (C=O) groups excluding carboxylic acids is 1. The average molecular weight is 592 g/mol. The van der Waals surface area contributed by atoms with E-state index in [4.69, 9.17) is 34.9 Å². The zero-order valence-electron chi connectivity index (χ0n) is 22.0. The van der Waals surface area contributed by atoms with Gasteiger partial charge in [-0.05, 0) is 51.5 Å². The first-order valence-electron chi connectivity index (χ1n) is 12.3. The first kappa shape index (κ1) is 30.8. The summed E-state index contributed by atoms with van der Waals surface area (Å²) in [7, 11) is -3.97. The van der Waals surface area contributed by atoms with Crippen LogP contribution < -0.4 is 20.9 Å². The van der Waals surface area contributed by atoms with Crippen molar-refractivity contribution in [1.82, 2.24) is 14.6 Å². The number of nitrogens with one attached hydrogen (secondary N) is 2. The van der Waals surface area contributed by atoms with Gasteiger partial charge in [-0.15, -0.1) is 0 Å². The number of unbranched alkanes of at least 4 members (excludes halogenated alkanes) is 1. The zero-order valence-corrected chi connectivity index (χ0v) is 23.6. The largest absolute Gasteiger partial charge is 0.509 e.